The summed E-state index contributed by atoms with van der Waals surface area (Å²) in [6.07, 6.45) is 0. The van der Waals surface area contributed by atoms with Gasteiger partial charge in [0.2, 0.25) is 0 Å². The van der Waals surface area contributed by atoms with E-state index in [1.165, 1.54) is 0 Å². The van der Waals surface area contributed by atoms with Gasteiger partial charge in [-0.3, -0.25) is 0 Å². The van der Waals surface area contributed by atoms with Crippen molar-refractivity contribution in [1.29, 1.82) is 0 Å². The lowest BCUT2D eigenvalue weighted by atomic mass is 9.89. The molecule has 2 rings (SSSR count). The molecule has 1 aromatic carbocycles. The highest BCUT2D eigenvalue weighted by Crippen LogP contribution is 2.12. The first-order valence-corrected chi connectivity index (χ1v) is 3.64. The predicted octanol–water partition coefficient (Wildman–Crippen LogP) is 0.373. The van der Waals surface area contributed by atoms with Gasteiger partial charge in [-0.25, -0.2) is 4.98 Å². The van der Waals surface area contributed by atoms with Gasteiger partial charge >= 0.3 is 7.48 Å². The fourth-order valence-electron chi connectivity index (χ4n) is 1.14. The van der Waals surface area contributed by atoms with Crippen molar-refractivity contribution in [2.75, 3.05) is 0 Å². The van der Waals surface area contributed by atoms with E-state index in [1.54, 1.807) is 19.1 Å². The maximum Gasteiger partial charge on any atom is 0.326 e. The van der Waals surface area contributed by atoms with E-state index in [2.05, 4.69) is 4.98 Å². The molecule has 0 aliphatic heterocycles. The lowest BCUT2D eigenvalue weighted by Crippen LogP contribution is -2.11. The second kappa shape index (κ2) is 2.64. The van der Waals surface area contributed by atoms with Crippen molar-refractivity contribution in [3.05, 3.63) is 24.1 Å². The standard InChI is InChI=1S/C8H7BNO2/c1-5-10-7-3-2-6(9-11)4-8(7)12-5/h2-4,11H,1H3. The monoisotopic (exact) mass is 160 g/mol. The lowest BCUT2D eigenvalue weighted by Gasteiger charge is -1.90. The van der Waals surface area contributed by atoms with Crippen molar-refractivity contribution >= 4 is 24.0 Å². The van der Waals surface area contributed by atoms with Crippen LogP contribution in [0.2, 0.25) is 0 Å². The number of nitrogens with zero attached hydrogens (tertiary/aromatic N) is 1. The predicted molar refractivity (Wildman–Crippen MR) is 46.4 cm³/mol. The van der Waals surface area contributed by atoms with Crippen molar-refractivity contribution in [3.8, 4) is 0 Å². The topological polar surface area (TPSA) is 46.3 Å². The Hall–Kier alpha value is -1.29. The van der Waals surface area contributed by atoms with E-state index in [4.69, 9.17) is 9.44 Å². The van der Waals surface area contributed by atoms with E-state index >= 15 is 0 Å². The van der Waals surface area contributed by atoms with Crippen LogP contribution in [0.3, 0.4) is 0 Å². The minimum absolute atomic E-state index is 0.639. The summed E-state index contributed by atoms with van der Waals surface area (Å²) in [7, 11) is 1.04. The third-order valence-electron chi connectivity index (χ3n) is 1.67. The van der Waals surface area contributed by atoms with Crippen LogP contribution >= 0.6 is 0 Å². The number of benzene rings is 1. The Morgan fingerprint density at radius 3 is 3.08 bits per heavy atom. The van der Waals surface area contributed by atoms with Crippen LogP contribution in [0.1, 0.15) is 5.89 Å². The van der Waals surface area contributed by atoms with Crippen molar-refractivity contribution in [2.45, 2.75) is 6.92 Å². The van der Waals surface area contributed by atoms with Gasteiger partial charge in [0.25, 0.3) is 0 Å². The van der Waals surface area contributed by atoms with E-state index < -0.39 is 0 Å². The molecule has 0 atom stereocenters. The average molecular weight is 160 g/mol. The zero-order valence-corrected chi connectivity index (χ0v) is 6.61. The minimum Gasteiger partial charge on any atom is -0.450 e. The smallest absolute Gasteiger partial charge is 0.326 e. The summed E-state index contributed by atoms with van der Waals surface area (Å²) < 4.78 is 5.27. The van der Waals surface area contributed by atoms with Crippen LogP contribution in [-0.2, 0) is 0 Å². The number of rotatable bonds is 1. The lowest BCUT2D eigenvalue weighted by molar-refractivity contribution is 0.561. The number of fused-ring (bicyclic) bond motifs is 1. The van der Waals surface area contributed by atoms with Crippen LogP contribution in [0.5, 0.6) is 0 Å². The van der Waals surface area contributed by atoms with Crippen LogP contribution < -0.4 is 5.46 Å². The maximum absolute atomic E-state index is 8.72. The third kappa shape index (κ3) is 1.10. The first-order valence-electron chi connectivity index (χ1n) is 3.64. The van der Waals surface area contributed by atoms with E-state index in [-0.39, 0.29) is 0 Å². The fourth-order valence-corrected chi connectivity index (χ4v) is 1.14. The first-order chi connectivity index (χ1) is 5.79. The molecule has 0 spiro atoms. The SMILES string of the molecule is Cc1nc2ccc([B]O)cc2o1. The molecule has 1 radical (unpaired) electrons. The fraction of sp³-hybridized carbons (Fsp3) is 0.125. The highest BCUT2D eigenvalue weighted by molar-refractivity contribution is 6.45. The molecule has 12 heavy (non-hydrogen) atoms. The van der Waals surface area contributed by atoms with Gasteiger partial charge in [0, 0.05) is 6.92 Å². The Bertz CT molecular complexity index is 410. The molecule has 1 N–H and O–H groups in total. The molecule has 3 nitrogen and oxygen atoms in total. The summed E-state index contributed by atoms with van der Waals surface area (Å²) in [6.45, 7) is 1.79. The van der Waals surface area contributed by atoms with Gasteiger partial charge in [-0.2, -0.15) is 0 Å². The van der Waals surface area contributed by atoms with E-state index in [1.807, 2.05) is 6.07 Å². The molecular formula is C8H7BNO2. The van der Waals surface area contributed by atoms with Gasteiger partial charge in [-0.05, 0) is 17.6 Å². The number of hydrogen-bond donors (Lipinski definition) is 1. The normalized spacial score (nSPS) is 10.5. The summed E-state index contributed by atoms with van der Waals surface area (Å²) >= 11 is 0. The molecule has 0 fully saturated rings. The van der Waals surface area contributed by atoms with Crippen LogP contribution in [0.25, 0.3) is 11.1 Å². The molecule has 4 heteroatoms. The van der Waals surface area contributed by atoms with Gasteiger partial charge in [0.1, 0.15) is 5.52 Å². The largest absolute Gasteiger partial charge is 0.450 e. The zero-order chi connectivity index (χ0) is 8.55. The molecule has 2 aromatic rings. The molecule has 0 amide bonds. The van der Waals surface area contributed by atoms with Crippen molar-refractivity contribution < 1.29 is 9.44 Å². The number of oxazole rings is 1. The number of aromatic nitrogens is 1. The molecule has 1 heterocycles. The van der Waals surface area contributed by atoms with Gasteiger partial charge in [0.05, 0.1) is 0 Å². The first kappa shape index (κ1) is 7.37. The molecule has 0 unspecified atom stereocenters. The van der Waals surface area contributed by atoms with Crippen LogP contribution in [0.4, 0.5) is 0 Å². The Morgan fingerprint density at radius 2 is 2.33 bits per heavy atom. The average Bonchev–Trinajstić information content (AvgIpc) is 2.43. The number of aryl methyl sites for hydroxylation is 1. The van der Waals surface area contributed by atoms with Gasteiger partial charge in [0.15, 0.2) is 11.5 Å². The van der Waals surface area contributed by atoms with Crippen molar-refractivity contribution in [1.82, 2.24) is 4.98 Å². The summed E-state index contributed by atoms with van der Waals surface area (Å²) in [6, 6.07) is 5.34. The summed E-state index contributed by atoms with van der Waals surface area (Å²) in [5.41, 5.74) is 2.24. The van der Waals surface area contributed by atoms with Crippen LogP contribution in [0, 0.1) is 6.92 Å². The second-order valence-corrected chi connectivity index (χ2v) is 2.59. The van der Waals surface area contributed by atoms with Crippen molar-refractivity contribution in [2.24, 2.45) is 0 Å². The van der Waals surface area contributed by atoms with E-state index in [0.717, 1.165) is 18.5 Å². The summed E-state index contributed by atoms with van der Waals surface area (Å²) in [4.78, 5) is 4.13. The Morgan fingerprint density at radius 1 is 1.50 bits per heavy atom. The highest BCUT2D eigenvalue weighted by atomic mass is 16.3. The summed E-state index contributed by atoms with van der Waals surface area (Å²) in [5.74, 6) is 0.639. The zero-order valence-electron chi connectivity index (χ0n) is 6.61. The van der Waals surface area contributed by atoms with E-state index in [9.17, 15) is 0 Å². The van der Waals surface area contributed by atoms with Crippen LogP contribution in [-0.4, -0.2) is 17.5 Å². The highest BCUT2D eigenvalue weighted by Gasteiger charge is 2.02. The quantitative estimate of drug-likeness (QED) is 0.613. The molecule has 0 aliphatic rings. The van der Waals surface area contributed by atoms with E-state index in [0.29, 0.717) is 11.5 Å². The molecule has 1 aromatic heterocycles. The second-order valence-electron chi connectivity index (χ2n) is 2.59. The third-order valence-corrected chi connectivity index (χ3v) is 1.67. The maximum atomic E-state index is 8.72. The Labute approximate surface area is 70.3 Å². The van der Waals surface area contributed by atoms with Crippen LogP contribution in [0.15, 0.2) is 22.6 Å². The van der Waals surface area contributed by atoms with Gasteiger partial charge < -0.3 is 9.44 Å². The van der Waals surface area contributed by atoms with Gasteiger partial charge in [-0.1, -0.05) is 6.07 Å². The molecule has 0 saturated carbocycles. The summed E-state index contributed by atoms with van der Waals surface area (Å²) in [5, 5.41) is 8.72. The van der Waals surface area contributed by atoms with Gasteiger partial charge in [-0.15, -0.1) is 0 Å². The minimum atomic E-state index is 0.639. The van der Waals surface area contributed by atoms with Crippen molar-refractivity contribution in [3.63, 3.8) is 0 Å². The Balaban J connectivity index is 2.66. The Kier molecular flexibility index (Phi) is 1.62. The molecule has 0 bridgehead atoms. The number of hydrogen-bond acceptors (Lipinski definition) is 3. The molecule has 0 saturated heterocycles. The molecular weight excluding hydrogens is 153 g/mol. The molecule has 0 aliphatic carbocycles. The molecule has 59 valence electrons.